The van der Waals surface area contributed by atoms with E-state index in [0.717, 1.165) is 5.56 Å². The molecule has 33 heavy (non-hydrogen) atoms. The van der Waals surface area contributed by atoms with Crippen LogP contribution in [0.5, 0.6) is 5.75 Å². The van der Waals surface area contributed by atoms with E-state index < -0.39 is 21.8 Å². The first kappa shape index (κ1) is 23.2. The number of rotatable bonds is 6. The van der Waals surface area contributed by atoms with E-state index in [-0.39, 0.29) is 36.8 Å². The highest BCUT2D eigenvalue weighted by molar-refractivity contribution is 7.89. The fourth-order valence-electron chi connectivity index (χ4n) is 3.75. The van der Waals surface area contributed by atoms with Gasteiger partial charge in [-0.2, -0.15) is 4.31 Å². The van der Waals surface area contributed by atoms with Crippen LogP contribution in [0.25, 0.3) is 0 Å². The third-order valence-corrected chi connectivity index (χ3v) is 7.54. The molecular weight excluding hydrogens is 446 g/mol. The Labute approximate surface area is 193 Å². The third kappa shape index (κ3) is 5.02. The number of benzene rings is 2. The first-order valence-corrected chi connectivity index (χ1v) is 12.2. The number of sulfonamides is 1. The van der Waals surface area contributed by atoms with Gasteiger partial charge in [-0.25, -0.2) is 8.42 Å². The summed E-state index contributed by atoms with van der Waals surface area (Å²) in [5.41, 5.74) is 2.03. The summed E-state index contributed by atoms with van der Waals surface area (Å²) in [4.78, 5) is 26.6. The first-order chi connectivity index (χ1) is 15.8. The molecule has 0 saturated carbocycles. The van der Waals surface area contributed by atoms with E-state index in [2.05, 4.69) is 19.2 Å². The second kappa shape index (κ2) is 9.50. The van der Waals surface area contributed by atoms with E-state index in [4.69, 9.17) is 9.47 Å². The molecular formula is C23H27N3O6S. The lowest BCUT2D eigenvalue weighted by molar-refractivity contribution is -0.123. The molecule has 2 aliphatic heterocycles. The Bertz CT molecular complexity index is 1140. The normalized spacial score (nSPS) is 16.9. The van der Waals surface area contributed by atoms with Gasteiger partial charge in [0.2, 0.25) is 15.9 Å². The maximum absolute atomic E-state index is 13.0. The van der Waals surface area contributed by atoms with E-state index in [9.17, 15) is 18.0 Å². The maximum Gasteiger partial charge on any atom is 0.265 e. The number of ether oxygens (including phenoxy) is 2. The molecule has 2 aliphatic rings. The highest BCUT2D eigenvalue weighted by atomic mass is 32.2. The summed E-state index contributed by atoms with van der Waals surface area (Å²) in [6.07, 6.45) is 0. The summed E-state index contributed by atoms with van der Waals surface area (Å²) in [6, 6.07) is 11.9. The van der Waals surface area contributed by atoms with Gasteiger partial charge in [0.05, 0.1) is 23.8 Å². The lowest BCUT2D eigenvalue weighted by Gasteiger charge is -2.30. The number of anilines is 2. The van der Waals surface area contributed by atoms with Crippen molar-refractivity contribution in [2.45, 2.75) is 24.7 Å². The molecule has 9 nitrogen and oxygen atoms in total. The molecule has 0 spiro atoms. The van der Waals surface area contributed by atoms with Crippen LogP contribution in [0.1, 0.15) is 25.3 Å². The van der Waals surface area contributed by atoms with Crippen LogP contribution in [0.3, 0.4) is 0 Å². The average Bonchev–Trinajstić information content (AvgIpc) is 2.81. The van der Waals surface area contributed by atoms with Crippen LogP contribution in [0, 0.1) is 0 Å². The van der Waals surface area contributed by atoms with E-state index in [1.54, 1.807) is 0 Å². The molecule has 10 heteroatoms. The number of carbonyl (C=O) groups is 2. The third-order valence-electron chi connectivity index (χ3n) is 5.64. The van der Waals surface area contributed by atoms with Crippen molar-refractivity contribution < 1.29 is 27.5 Å². The SMILES string of the molecule is CC(C)c1ccc(NC(=O)CN2C(=O)COc3ccc(S(=O)(=O)N4CCOCC4)cc32)cc1. The van der Waals surface area contributed by atoms with Gasteiger partial charge in [-0.05, 0) is 41.8 Å². The van der Waals surface area contributed by atoms with E-state index in [1.807, 2.05) is 24.3 Å². The van der Waals surface area contributed by atoms with Gasteiger partial charge in [-0.1, -0.05) is 26.0 Å². The Morgan fingerprint density at radius 3 is 2.45 bits per heavy atom. The molecule has 2 aromatic carbocycles. The van der Waals surface area contributed by atoms with Gasteiger partial charge in [0, 0.05) is 18.8 Å². The Hall–Kier alpha value is -2.95. The predicted octanol–water partition coefficient (Wildman–Crippen LogP) is 2.19. The standard InChI is InChI=1S/C23H27N3O6S/c1-16(2)17-3-5-18(6-4-17)24-22(27)14-26-20-13-19(7-8-21(20)32-15-23(26)28)33(29,30)25-9-11-31-12-10-25/h3-8,13,16H,9-12,14-15H2,1-2H3,(H,24,27). The van der Waals surface area contributed by atoms with E-state index >= 15 is 0 Å². The lowest BCUT2D eigenvalue weighted by atomic mass is 10.0. The molecule has 2 heterocycles. The molecule has 1 saturated heterocycles. The van der Waals surface area contributed by atoms with Crippen LogP contribution in [-0.2, 0) is 24.3 Å². The zero-order valence-corrected chi connectivity index (χ0v) is 19.4. The Balaban J connectivity index is 1.54. The number of nitrogens with one attached hydrogen (secondary N) is 1. The number of hydrogen-bond acceptors (Lipinski definition) is 6. The highest BCUT2D eigenvalue weighted by Gasteiger charge is 2.32. The summed E-state index contributed by atoms with van der Waals surface area (Å²) >= 11 is 0. The monoisotopic (exact) mass is 473 g/mol. The van der Waals surface area contributed by atoms with Crippen molar-refractivity contribution in [3.05, 3.63) is 48.0 Å². The molecule has 0 bridgehead atoms. The molecule has 0 aromatic heterocycles. The van der Waals surface area contributed by atoms with E-state index in [0.29, 0.717) is 30.6 Å². The Morgan fingerprint density at radius 2 is 1.79 bits per heavy atom. The summed E-state index contributed by atoms with van der Waals surface area (Å²) in [5.74, 6) is -0.0894. The van der Waals surface area contributed by atoms with Crippen molar-refractivity contribution in [2.75, 3.05) is 49.7 Å². The van der Waals surface area contributed by atoms with Crippen LogP contribution in [0.4, 0.5) is 11.4 Å². The topological polar surface area (TPSA) is 105 Å². The van der Waals surface area contributed by atoms with Gasteiger partial charge in [0.1, 0.15) is 12.3 Å². The molecule has 2 amide bonds. The predicted molar refractivity (Wildman–Crippen MR) is 123 cm³/mol. The van der Waals surface area contributed by atoms with Gasteiger partial charge in [0.25, 0.3) is 5.91 Å². The lowest BCUT2D eigenvalue weighted by Crippen LogP contribution is -2.44. The highest BCUT2D eigenvalue weighted by Crippen LogP contribution is 2.35. The summed E-state index contributed by atoms with van der Waals surface area (Å²) in [7, 11) is -3.77. The maximum atomic E-state index is 13.0. The number of fused-ring (bicyclic) bond motifs is 1. The van der Waals surface area contributed by atoms with E-state index in [1.165, 1.54) is 27.4 Å². The number of carbonyl (C=O) groups excluding carboxylic acids is 2. The van der Waals surface area contributed by atoms with Crippen molar-refractivity contribution in [2.24, 2.45) is 0 Å². The smallest absolute Gasteiger partial charge is 0.265 e. The van der Waals surface area contributed by atoms with Crippen LogP contribution in [0.2, 0.25) is 0 Å². The molecule has 0 unspecified atom stereocenters. The van der Waals surface area contributed by atoms with Gasteiger partial charge in [0.15, 0.2) is 6.61 Å². The fourth-order valence-corrected chi connectivity index (χ4v) is 5.18. The minimum atomic E-state index is -3.77. The van der Waals surface area contributed by atoms with Crippen LogP contribution in [-0.4, -0.2) is 64.0 Å². The fraction of sp³-hybridized carbons (Fsp3) is 0.391. The van der Waals surface area contributed by atoms with Gasteiger partial charge >= 0.3 is 0 Å². The molecule has 2 aromatic rings. The van der Waals surface area contributed by atoms with Gasteiger partial charge in [-0.15, -0.1) is 0 Å². The first-order valence-electron chi connectivity index (χ1n) is 10.8. The van der Waals surface area contributed by atoms with Crippen molar-refractivity contribution in [1.29, 1.82) is 0 Å². The van der Waals surface area contributed by atoms with Crippen LogP contribution >= 0.6 is 0 Å². The largest absolute Gasteiger partial charge is 0.482 e. The number of nitrogens with zero attached hydrogens (tertiary/aromatic N) is 2. The summed E-state index contributed by atoms with van der Waals surface area (Å²) in [6.45, 7) is 4.87. The zero-order valence-electron chi connectivity index (χ0n) is 18.6. The molecule has 1 fully saturated rings. The van der Waals surface area contributed by atoms with Crippen LogP contribution < -0.4 is 15.0 Å². The Kier molecular flexibility index (Phi) is 6.68. The molecule has 1 N–H and O–H groups in total. The minimum absolute atomic E-state index is 0.0381. The summed E-state index contributed by atoms with van der Waals surface area (Å²) < 4.78 is 38.1. The number of amides is 2. The molecule has 0 atom stereocenters. The second-order valence-corrected chi connectivity index (χ2v) is 10.2. The number of hydrogen-bond donors (Lipinski definition) is 1. The quantitative estimate of drug-likeness (QED) is 0.690. The number of morpholine rings is 1. The average molecular weight is 474 g/mol. The molecule has 0 radical (unpaired) electrons. The molecule has 176 valence electrons. The van der Waals surface area contributed by atoms with Crippen molar-refractivity contribution in [3.8, 4) is 5.75 Å². The van der Waals surface area contributed by atoms with Gasteiger partial charge in [-0.3, -0.25) is 14.5 Å². The zero-order chi connectivity index (χ0) is 23.6. The van der Waals surface area contributed by atoms with Crippen molar-refractivity contribution in [3.63, 3.8) is 0 Å². The van der Waals surface area contributed by atoms with Crippen molar-refractivity contribution in [1.82, 2.24) is 4.31 Å². The molecule has 0 aliphatic carbocycles. The molecule has 4 rings (SSSR count). The summed E-state index contributed by atoms with van der Waals surface area (Å²) in [5, 5.41) is 2.79. The minimum Gasteiger partial charge on any atom is -0.482 e. The second-order valence-electron chi connectivity index (χ2n) is 8.24. The van der Waals surface area contributed by atoms with Crippen LogP contribution in [0.15, 0.2) is 47.4 Å². The van der Waals surface area contributed by atoms with Crippen molar-refractivity contribution >= 4 is 33.2 Å². The Morgan fingerprint density at radius 1 is 1.09 bits per heavy atom. The van der Waals surface area contributed by atoms with Gasteiger partial charge < -0.3 is 14.8 Å².